The first-order valence-electron chi connectivity index (χ1n) is 9.23. The number of rotatable bonds is 5. The number of ether oxygens (including phenoxy) is 1. The molecule has 4 nitrogen and oxygen atoms in total. The van der Waals surface area contributed by atoms with Gasteiger partial charge in [-0.1, -0.05) is 12.1 Å². The summed E-state index contributed by atoms with van der Waals surface area (Å²) in [7, 11) is 1.76. The summed E-state index contributed by atoms with van der Waals surface area (Å²) in [5.74, 6) is -0.682. The van der Waals surface area contributed by atoms with Crippen molar-refractivity contribution in [2.24, 2.45) is 0 Å². The summed E-state index contributed by atoms with van der Waals surface area (Å²) in [6.45, 7) is 2.74. The van der Waals surface area contributed by atoms with Crippen LogP contribution in [0.15, 0.2) is 42.5 Å². The van der Waals surface area contributed by atoms with Crippen molar-refractivity contribution < 1.29 is 18.7 Å². The molecule has 1 aliphatic rings. The van der Waals surface area contributed by atoms with E-state index in [1.165, 1.54) is 25.1 Å². The third kappa shape index (κ3) is 4.61. The lowest BCUT2D eigenvalue weighted by Crippen LogP contribution is -2.37. The molecule has 0 saturated carbocycles. The van der Waals surface area contributed by atoms with Crippen molar-refractivity contribution in [3.63, 3.8) is 0 Å². The topological polar surface area (TPSA) is 46.6 Å². The first-order valence-corrected chi connectivity index (χ1v) is 9.23. The van der Waals surface area contributed by atoms with Crippen LogP contribution < -0.4 is 0 Å². The van der Waals surface area contributed by atoms with Crippen molar-refractivity contribution >= 4 is 11.7 Å². The van der Waals surface area contributed by atoms with Gasteiger partial charge in [0.05, 0.1) is 6.10 Å². The minimum absolute atomic E-state index is 0.0726. The summed E-state index contributed by atoms with van der Waals surface area (Å²) in [6, 6.07) is 11.1. The average Bonchev–Trinajstić information content (AvgIpc) is 2.68. The molecule has 0 aromatic heterocycles. The monoisotopic (exact) mass is 369 g/mol. The molecule has 1 saturated heterocycles. The second kappa shape index (κ2) is 8.44. The molecule has 27 heavy (non-hydrogen) atoms. The van der Waals surface area contributed by atoms with Gasteiger partial charge in [0, 0.05) is 31.3 Å². The molecule has 1 unspecified atom stereocenters. The van der Waals surface area contributed by atoms with Crippen LogP contribution in [0, 0.1) is 5.82 Å². The number of likely N-dealkylation sites (N-methyl/N-ethyl adjacent to an activating group) is 1. The average molecular weight is 369 g/mol. The highest BCUT2D eigenvalue weighted by Gasteiger charge is 2.20. The van der Waals surface area contributed by atoms with Gasteiger partial charge in [-0.05, 0) is 67.6 Å². The molecule has 5 heteroatoms. The van der Waals surface area contributed by atoms with E-state index in [-0.39, 0.29) is 17.8 Å². The number of ketones is 1. The summed E-state index contributed by atoms with van der Waals surface area (Å²) in [6.07, 6.45) is 3.23. The lowest BCUT2D eigenvalue weighted by molar-refractivity contribution is -0.000186. The van der Waals surface area contributed by atoms with Gasteiger partial charge in [0.15, 0.2) is 5.78 Å². The molecule has 1 amide bonds. The van der Waals surface area contributed by atoms with Crippen LogP contribution in [0.5, 0.6) is 0 Å². The fourth-order valence-corrected chi connectivity index (χ4v) is 3.44. The minimum Gasteiger partial charge on any atom is -0.376 e. The number of nitrogens with zero attached hydrogens (tertiary/aromatic N) is 1. The first-order chi connectivity index (χ1) is 13.0. The fraction of sp³-hybridized carbons (Fsp3) is 0.364. The van der Waals surface area contributed by atoms with Crippen LogP contribution in [-0.2, 0) is 4.74 Å². The van der Waals surface area contributed by atoms with Crippen molar-refractivity contribution in [1.29, 1.82) is 0 Å². The van der Waals surface area contributed by atoms with E-state index < -0.39 is 5.82 Å². The number of benzene rings is 2. The largest absolute Gasteiger partial charge is 0.376 e. The standard InChI is InChI=1S/C22H24FNO3/c1-15(25)20-10-9-18(23)13-21(20)16-6-5-7-17(12-16)22(26)24(2)14-19-8-3-4-11-27-19/h5-7,9-10,12-13,19H,3-4,8,11,14H2,1-2H3. The van der Waals surface area contributed by atoms with Gasteiger partial charge in [0.1, 0.15) is 5.82 Å². The van der Waals surface area contributed by atoms with Crippen molar-refractivity contribution in [2.45, 2.75) is 32.3 Å². The van der Waals surface area contributed by atoms with E-state index in [9.17, 15) is 14.0 Å². The molecular formula is C22H24FNO3. The highest BCUT2D eigenvalue weighted by atomic mass is 19.1. The Morgan fingerprint density at radius 1 is 1.19 bits per heavy atom. The van der Waals surface area contributed by atoms with E-state index in [0.29, 0.717) is 28.8 Å². The maximum Gasteiger partial charge on any atom is 0.253 e. The summed E-state index contributed by atoms with van der Waals surface area (Å²) in [4.78, 5) is 26.4. The Morgan fingerprint density at radius 2 is 2.00 bits per heavy atom. The fourth-order valence-electron chi connectivity index (χ4n) is 3.44. The Labute approximate surface area is 158 Å². The van der Waals surface area contributed by atoms with E-state index in [4.69, 9.17) is 4.74 Å². The zero-order chi connectivity index (χ0) is 19.4. The van der Waals surface area contributed by atoms with Gasteiger partial charge in [-0.2, -0.15) is 0 Å². The van der Waals surface area contributed by atoms with Crippen LogP contribution in [0.2, 0.25) is 0 Å². The Bertz CT molecular complexity index is 843. The van der Waals surface area contributed by atoms with Gasteiger partial charge in [-0.25, -0.2) is 4.39 Å². The van der Waals surface area contributed by atoms with Crippen molar-refractivity contribution in [3.8, 4) is 11.1 Å². The summed E-state index contributed by atoms with van der Waals surface area (Å²) < 4.78 is 19.5. The number of amides is 1. The van der Waals surface area contributed by atoms with Crippen LogP contribution in [0.25, 0.3) is 11.1 Å². The van der Waals surface area contributed by atoms with Crippen LogP contribution in [0.1, 0.15) is 46.9 Å². The number of carbonyl (C=O) groups is 2. The van der Waals surface area contributed by atoms with Gasteiger partial charge in [0.2, 0.25) is 0 Å². The molecule has 0 bridgehead atoms. The highest BCUT2D eigenvalue weighted by Crippen LogP contribution is 2.26. The molecule has 3 rings (SSSR count). The third-order valence-electron chi connectivity index (χ3n) is 4.88. The summed E-state index contributed by atoms with van der Waals surface area (Å²) >= 11 is 0. The van der Waals surface area contributed by atoms with Gasteiger partial charge in [-0.3, -0.25) is 9.59 Å². The molecular weight excluding hydrogens is 345 g/mol. The van der Waals surface area contributed by atoms with E-state index in [1.54, 1.807) is 36.2 Å². The molecule has 0 radical (unpaired) electrons. The number of hydrogen-bond acceptors (Lipinski definition) is 3. The predicted octanol–water partition coefficient (Wildman–Crippen LogP) is 4.34. The lowest BCUT2D eigenvalue weighted by atomic mass is 9.96. The molecule has 1 atom stereocenters. The van der Waals surface area contributed by atoms with Gasteiger partial charge >= 0.3 is 0 Å². The number of hydrogen-bond donors (Lipinski definition) is 0. The first kappa shape index (κ1) is 19.2. The second-order valence-corrected chi connectivity index (χ2v) is 7.00. The van der Waals surface area contributed by atoms with Crippen LogP contribution in [-0.4, -0.2) is 42.9 Å². The molecule has 0 spiro atoms. The molecule has 1 aliphatic heterocycles. The zero-order valence-corrected chi connectivity index (χ0v) is 15.7. The maximum absolute atomic E-state index is 13.7. The Kier molecular flexibility index (Phi) is 6.01. The Balaban J connectivity index is 1.84. The Hall–Kier alpha value is -2.53. The molecule has 2 aromatic carbocycles. The zero-order valence-electron chi connectivity index (χ0n) is 15.7. The Morgan fingerprint density at radius 3 is 2.70 bits per heavy atom. The number of Topliss-reactive ketones (excluding diaryl/α,β-unsaturated/α-hetero) is 1. The number of carbonyl (C=O) groups excluding carboxylic acids is 2. The molecule has 0 N–H and O–H groups in total. The van der Waals surface area contributed by atoms with Gasteiger partial charge in [0.25, 0.3) is 5.91 Å². The van der Waals surface area contributed by atoms with E-state index in [0.717, 1.165) is 25.9 Å². The quantitative estimate of drug-likeness (QED) is 0.737. The summed E-state index contributed by atoms with van der Waals surface area (Å²) in [5, 5.41) is 0. The van der Waals surface area contributed by atoms with Gasteiger partial charge in [-0.15, -0.1) is 0 Å². The maximum atomic E-state index is 13.7. The van der Waals surface area contributed by atoms with Crippen molar-refractivity contribution in [1.82, 2.24) is 4.90 Å². The van der Waals surface area contributed by atoms with E-state index in [1.807, 2.05) is 0 Å². The predicted molar refractivity (Wildman–Crippen MR) is 102 cm³/mol. The third-order valence-corrected chi connectivity index (χ3v) is 4.88. The van der Waals surface area contributed by atoms with Crippen LogP contribution >= 0.6 is 0 Å². The highest BCUT2D eigenvalue weighted by molar-refractivity contribution is 6.02. The SMILES string of the molecule is CC(=O)c1ccc(F)cc1-c1cccc(C(=O)N(C)CC2CCCCO2)c1. The normalized spacial score (nSPS) is 16.8. The minimum atomic E-state index is -0.418. The van der Waals surface area contributed by atoms with E-state index in [2.05, 4.69) is 0 Å². The molecule has 1 heterocycles. The number of halogens is 1. The molecule has 1 fully saturated rings. The van der Waals surface area contributed by atoms with Gasteiger partial charge < -0.3 is 9.64 Å². The second-order valence-electron chi connectivity index (χ2n) is 7.00. The summed E-state index contributed by atoms with van der Waals surface area (Å²) in [5.41, 5.74) is 2.08. The molecule has 142 valence electrons. The van der Waals surface area contributed by atoms with Crippen LogP contribution in [0.3, 0.4) is 0 Å². The van der Waals surface area contributed by atoms with Crippen molar-refractivity contribution in [3.05, 3.63) is 59.4 Å². The van der Waals surface area contributed by atoms with Crippen molar-refractivity contribution in [2.75, 3.05) is 20.2 Å². The molecule has 0 aliphatic carbocycles. The van der Waals surface area contributed by atoms with E-state index >= 15 is 0 Å². The van der Waals surface area contributed by atoms with Crippen LogP contribution in [0.4, 0.5) is 4.39 Å². The smallest absolute Gasteiger partial charge is 0.253 e. The lowest BCUT2D eigenvalue weighted by Gasteiger charge is -2.27. The molecule has 2 aromatic rings.